The molecule has 5 rings (SSSR count). The number of piperidine rings is 1. The number of hydrogen-bond donors (Lipinski definition) is 1. The lowest BCUT2D eigenvalue weighted by Crippen LogP contribution is -2.29. The maximum absolute atomic E-state index is 6.15. The first kappa shape index (κ1) is 24.0. The molecule has 0 spiro atoms. The van der Waals surface area contributed by atoms with E-state index in [1.165, 1.54) is 11.8 Å². The van der Waals surface area contributed by atoms with Crippen molar-refractivity contribution in [3.63, 3.8) is 0 Å². The summed E-state index contributed by atoms with van der Waals surface area (Å²) in [4.78, 5) is 22.5. The van der Waals surface area contributed by atoms with Crippen molar-refractivity contribution >= 4 is 34.7 Å². The molecule has 3 aromatic heterocycles. The number of nitrogen functional groups attached to an aromatic ring is 1. The third-order valence-corrected chi connectivity index (χ3v) is 6.82. The topological polar surface area (TPSA) is 93.3 Å². The van der Waals surface area contributed by atoms with Crippen molar-refractivity contribution in [1.82, 2.24) is 24.8 Å². The van der Waals surface area contributed by atoms with Gasteiger partial charge in [0.25, 0.3) is 0 Å². The molecule has 1 saturated heterocycles. The van der Waals surface area contributed by atoms with Crippen LogP contribution in [0.25, 0.3) is 11.4 Å². The standard InChI is InChI=1S/C27H28ClN7O/c1-34-14-10-18(11-15-34)20-9-8-19(16-24(20)36-2)35(27-32-17-21(28)26(29)33-27)23-7-5-13-31-25(23)22-6-3-4-12-30-22/h3-9,12-13,16-18H,10-11,14-15H2,1-2H3,(H2,29,32,33). The minimum atomic E-state index is 0.199. The van der Waals surface area contributed by atoms with Gasteiger partial charge in [-0.1, -0.05) is 23.7 Å². The molecule has 0 unspecified atom stereocenters. The van der Waals surface area contributed by atoms with Crippen LogP contribution in [0.1, 0.15) is 24.3 Å². The fraction of sp³-hybridized carbons (Fsp3) is 0.259. The Bertz CT molecular complexity index is 1340. The molecule has 2 N–H and O–H groups in total. The molecule has 184 valence electrons. The summed E-state index contributed by atoms with van der Waals surface area (Å²) in [7, 11) is 3.88. The SMILES string of the molecule is COc1cc(N(c2ncc(Cl)c(N)n2)c2cccnc2-c2ccccn2)ccc1C1CCN(C)CC1. The number of methoxy groups -OCH3 is 1. The Morgan fingerprint density at radius 1 is 1.03 bits per heavy atom. The van der Waals surface area contributed by atoms with Crippen LogP contribution in [0.3, 0.4) is 0 Å². The molecule has 4 heterocycles. The second kappa shape index (κ2) is 10.5. The van der Waals surface area contributed by atoms with E-state index in [0.717, 1.165) is 48.7 Å². The van der Waals surface area contributed by atoms with E-state index in [4.69, 9.17) is 22.1 Å². The number of ether oxygens (including phenoxy) is 1. The molecule has 0 radical (unpaired) electrons. The van der Waals surface area contributed by atoms with E-state index >= 15 is 0 Å². The van der Waals surface area contributed by atoms with Crippen LogP contribution in [0.4, 0.5) is 23.1 Å². The van der Waals surface area contributed by atoms with Gasteiger partial charge in [-0.3, -0.25) is 14.9 Å². The monoisotopic (exact) mass is 501 g/mol. The first-order valence-corrected chi connectivity index (χ1v) is 12.2. The van der Waals surface area contributed by atoms with E-state index in [9.17, 15) is 0 Å². The average Bonchev–Trinajstić information content (AvgIpc) is 2.92. The zero-order valence-electron chi connectivity index (χ0n) is 20.3. The number of pyridine rings is 2. The molecule has 9 heteroatoms. The molecule has 1 aromatic carbocycles. The predicted molar refractivity (Wildman–Crippen MR) is 143 cm³/mol. The summed E-state index contributed by atoms with van der Waals surface area (Å²) in [6, 6.07) is 15.8. The average molecular weight is 502 g/mol. The van der Waals surface area contributed by atoms with E-state index in [-0.39, 0.29) is 5.82 Å². The van der Waals surface area contributed by atoms with Crippen molar-refractivity contribution in [2.45, 2.75) is 18.8 Å². The fourth-order valence-electron chi connectivity index (χ4n) is 4.61. The van der Waals surface area contributed by atoms with E-state index in [1.54, 1.807) is 19.5 Å². The number of aromatic nitrogens is 4. The Balaban J connectivity index is 1.65. The van der Waals surface area contributed by atoms with E-state index < -0.39 is 0 Å². The molecule has 4 aromatic rings. The zero-order chi connectivity index (χ0) is 25.1. The van der Waals surface area contributed by atoms with Crippen LogP contribution in [0.15, 0.2) is 67.1 Å². The highest BCUT2D eigenvalue weighted by Crippen LogP contribution is 2.42. The summed E-state index contributed by atoms with van der Waals surface area (Å²) >= 11 is 6.15. The molecule has 1 aliphatic rings. The maximum atomic E-state index is 6.15. The zero-order valence-corrected chi connectivity index (χ0v) is 21.1. The number of likely N-dealkylation sites (tertiary alicyclic amines) is 1. The molecule has 0 atom stereocenters. The highest BCUT2D eigenvalue weighted by Gasteiger charge is 2.25. The largest absolute Gasteiger partial charge is 0.496 e. The number of hydrogen-bond acceptors (Lipinski definition) is 8. The van der Waals surface area contributed by atoms with Crippen molar-refractivity contribution < 1.29 is 4.74 Å². The van der Waals surface area contributed by atoms with Gasteiger partial charge in [0.2, 0.25) is 5.95 Å². The molecule has 0 bridgehead atoms. The van der Waals surface area contributed by atoms with E-state index in [2.05, 4.69) is 44.0 Å². The van der Waals surface area contributed by atoms with E-state index in [1.807, 2.05) is 41.3 Å². The molecule has 0 aliphatic carbocycles. The van der Waals surface area contributed by atoms with Crippen LogP contribution in [-0.4, -0.2) is 52.1 Å². The first-order valence-electron chi connectivity index (χ1n) is 11.9. The van der Waals surface area contributed by atoms with Gasteiger partial charge in [-0.2, -0.15) is 4.98 Å². The van der Waals surface area contributed by atoms with Gasteiger partial charge in [0, 0.05) is 18.5 Å². The molecular weight excluding hydrogens is 474 g/mol. The molecule has 1 aliphatic heterocycles. The lowest BCUT2D eigenvalue weighted by molar-refractivity contribution is 0.252. The smallest absolute Gasteiger partial charge is 0.236 e. The van der Waals surface area contributed by atoms with Gasteiger partial charge in [-0.05, 0) is 74.8 Å². The van der Waals surface area contributed by atoms with Crippen LogP contribution in [0.2, 0.25) is 5.02 Å². The predicted octanol–water partition coefficient (Wildman–Crippen LogP) is 5.46. The molecule has 0 saturated carbocycles. The number of benzene rings is 1. The molecule has 8 nitrogen and oxygen atoms in total. The Morgan fingerprint density at radius 3 is 2.56 bits per heavy atom. The lowest BCUT2D eigenvalue weighted by atomic mass is 9.88. The summed E-state index contributed by atoms with van der Waals surface area (Å²) in [6.45, 7) is 2.14. The Morgan fingerprint density at radius 2 is 1.83 bits per heavy atom. The summed E-state index contributed by atoms with van der Waals surface area (Å²) in [5, 5.41) is 0.296. The van der Waals surface area contributed by atoms with Gasteiger partial charge in [-0.25, -0.2) is 4.98 Å². The van der Waals surface area contributed by atoms with Crippen LogP contribution < -0.4 is 15.4 Å². The summed E-state index contributed by atoms with van der Waals surface area (Å²) in [5.74, 6) is 1.85. The minimum Gasteiger partial charge on any atom is -0.496 e. The highest BCUT2D eigenvalue weighted by molar-refractivity contribution is 6.32. The molecule has 36 heavy (non-hydrogen) atoms. The van der Waals surface area contributed by atoms with Crippen LogP contribution in [-0.2, 0) is 0 Å². The van der Waals surface area contributed by atoms with E-state index in [0.29, 0.717) is 22.6 Å². The Kier molecular flexibility index (Phi) is 6.97. The van der Waals surface area contributed by atoms with Crippen molar-refractivity contribution in [3.8, 4) is 17.1 Å². The number of nitrogens with zero attached hydrogens (tertiary/aromatic N) is 6. The lowest BCUT2D eigenvalue weighted by Gasteiger charge is -2.31. The van der Waals surface area contributed by atoms with Gasteiger partial charge in [0.05, 0.1) is 30.4 Å². The summed E-state index contributed by atoms with van der Waals surface area (Å²) in [6.07, 6.45) is 7.19. The number of nitrogens with two attached hydrogens (primary N) is 1. The van der Waals surface area contributed by atoms with Gasteiger partial charge in [-0.15, -0.1) is 0 Å². The first-order chi connectivity index (χ1) is 17.5. The Hall–Kier alpha value is -3.75. The van der Waals surface area contributed by atoms with Crippen molar-refractivity contribution in [3.05, 3.63) is 77.7 Å². The molecule has 0 amide bonds. The van der Waals surface area contributed by atoms with Crippen molar-refractivity contribution in [2.24, 2.45) is 0 Å². The fourth-order valence-corrected chi connectivity index (χ4v) is 4.70. The van der Waals surface area contributed by atoms with Crippen LogP contribution in [0.5, 0.6) is 5.75 Å². The quantitative estimate of drug-likeness (QED) is 0.372. The highest BCUT2D eigenvalue weighted by atomic mass is 35.5. The van der Waals surface area contributed by atoms with Crippen LogP contribution in [0, 0.1) is 0 Å². The van der Waals surface area contributed by atoms with Gasteiger partial charge < -0.3 is 15.4 Å². The third kappa shape index (κ3) is 4.82. The maximum Gasteiger partial charge on any atom is 0.236 e. The normalized spacial score (nSPS) is 14.5. The van der Waals surface area contributed by atoms with Crippen molar-refractivity contribution in [1.29, 1.82) is 0 Å². The second-order valence-corrected chi connectivity index (χ2v) is 9.24. The summed E-state index contributed by atoms with van der Waals surface area (Å²) in [5.41, 5.74) is 10.3. The van der Waals surface area contributed by atoms with Crippen LogP contribution >= 0.6 is 11.6 Å². The second-order valence-electron chi connectivity index (χ2n) is 8.83. The minimum absolute atomic E-state index is 0.199. The number of anilines is 4. The van der Waals surface area contributed by atoms with Gasteiger partial charge >= 0.3 is 0 Å². The molecule has 1 fully saturated rings. The van der Waals surface area contributed by atoms with Gasteiger partial charge in [0.1, 0.15) is 22.3 Å². The number of rotatable bonds is 6. The summed E-state index contributed by atoms with van der Waals surface area (Å²) < 4.78 is 5.89. The number of halogens is 1. The third-order valence-electron chi connectivity index (χ3n) is 6.53. The van der Waals surface area contributed by atoms with Crippen molar-refractivity contribution in [2.75, 3.05) is 37.9 Å². The van der Waals surface area contributed by atoms with Gasteiger partial charge in [0.15, 0.2) is 0 Å². The Labute approximate surface area is 215 Å². The molecular formula is C27H28ClN7O.